The van der Waals surface area contributed by atoms with E-state index in [1.165, 1.54) is 0 Å². The summed E-state index contributed by atoms with van der Waals surface area (Å²) in [6.07, 6.45) is 0. The summed E-state index contributed by atoms with van der Waals surface area (Å²) >= 11 is 0. The van der Waals surface area contributed by atoms with Gasteiger partial charge in [0.1, 0.15) is 11.5 Å². The first-order valence-electron chi connectivity index (χ1n) is 4.15. The van der Waals surface area contributed by atoms with Crippen LogP contribution in [-0.2, 0) is 6.54 Å². The van der Waals surface area contributed by atoms with Gasteiger partial charge in [-0.15, -0.1) is 0 Å². The van der Waals surface area contributed by atoms with E-state index >= 15 is 0 Å². The maximum atomic E-state index is 10.9. The zero-order chi connectivity index (χ0) is 9.14. The van der Waals surface area contributed by atoms with Gasteiger partial charge in [0.2, 0.25) is 0 Å². The lowest BCUT2D eigenvalue weighted by Crippen LogP contribution is -2.12. The predicted octanol–water partition coefficient (Wildman–Crippen LogP) is 1.86. The third-order valence-corrected chi connectivity index (χ3v) is 1.59. The second-order valence-corrected chi connectivity index (χ2v) is 2.38. The van der Waals surface area contributed by atoms with Crippen molar-refractivity contribution < 1.29 is 9.21 Å². The molecule has 0 atom stereocenters. The van der Waals surface area contributed by atoms with Crippen LogP contribution in [0, 0.1) is 6.92 Å². The first-order valence-corrected chi connectivity index (χ1v) is 4.15. The van der Waals surface area contributed by atoms with Crippen molar-refractivity contribution in [3.63, 3.8) is 0 Å². The van der Waals surface area contributed by atoms with Crippen LogP contribution in [0.15, 0.2) is 10.5 Å². The summed E-state index contributed by atoms with van der Waals surface area (Å²) in [6.45, 7) is 6.38. The molecule has 66 valence electrons. The average Bonchev–Trinajstić information content (AvgIpc) is 2.58. The van der Waals surface area contributed by atoms with E-state index in [1.54, 1.807) is 6.07 Å². The van der Waals surface area contributed by atoms with Gasteiger partial charge in [-0.05, 0) is 13.0 Å². The van der Waals surface area contributed by atoms with E-state index < -0.39 is 0 Å². The lowest BCUT2D eigenvalue weighted by atomic mass is 10.3. The fourth-order valence-electron chi connectivity index (χ4n) is 1.14. The molecule has 1 N–H and O–H groups in total. The highest BCUT2D eigenvalue weighted by Gasteiger charge is 2.22. The van der Waals surface area contributed by atoms with Gasteiger partial charge in [0.15, 0.2) is 0 Å². The molecule has 0 aromatic carbocycles. The molecule has 2 rings (SSSR count). The molecule has 3 heteroatoms. The SMILES string of the molecule is CC.Cc1cc2c(o1)CNC2=O. The maximum Gasteiger partial charge on any atom is 0.255 e. The van der Waals surface area contributed by atoms with Crippen LogP contribution < -0.4 is 5.32 Å². The highest BCUT2D eigenvalue weighted by atomic mass is 16.3. The summed E-state index contributed by atoms with van der Waals surface area (Å²) < 4.78 is 5.21. The van der Waals surface area contributed by atoms with Gasteiger partial charge in [0, 0.05) is 0 Å². The van der Waals surface area contributed by atoms with Gasteiger partial charge in [0.05, 0.1) is 12.1 Å². The van der Waals surface area contributed by atoms with Crippen LogP contribution in [-0.4, -0.2) is 5.91 Å². The molecule has 0 radical (unpaired) electrons. The van der Waals surface area contributed by atoms with Gasteiger partial charge in [-0.3, -0.25) is 4.79 Å². The molecule has 2 heterocycles. The van der Waals surface area contributed by atoms with Crippen LogP contribution in [0.1, 0.15) is 35.7 Å². The Morgan fingerprint density at radius 2 is 2.17 bits per heavy atom. The molecule has 12 heavy (non-hydrogen) atoms. The van der Waals surface area contributed by atoms with E-state index in [0.29, 0.717) is 12.1 Å². The first-order chi connectivity index (χ1) is 5.77. The Balaban J connectivity index is 0.000000336. The number of carbonyl (C=O) groups excluding carboxylic acids is 1. The summed E-state index contributed by atoms with van der Waals surface area (Å²) in [5.74, 6) is 1.55. The predicted molar refractivity (Wildman–Crippen MR) is 46.0 cm³/mol. The Hall–Kier alpha value is -1.25. The smallest absolute Gasteiger partial charge is 0.255 e. The number of amides is 1. The molecule has 0 spiro atoms. The molecule has 3 nitrogen and oxygen atoms in total. The lowest BCUT2D eigenvalue weighted by molar-refractivity contribution is 0.0965. The molecule has 0 saturated carbocycles. The van der Waals surface area contributed by atoms with Crippen LogP contribution in [0.4, 0.5) is 0 Å². The van der Waals surface area contributed by atoms with Crippen LogP contribution in [0.3, 0.4) is 0 Å². The standard InChI is InChI=1S/C7H7NO2.C2H6/c1-4-2-5-6(10-4)3-8-7(5)9;1-2/h2H,3H2,1H3,(H,8,9);1-2H3. The zero-order valence-corrected chi connectivity index (χ0v) is 7.60. The summed E-state index contributed by atoms with van der Waals surface area (Å²) in [5, 5.41) is 2.66. The van der Waals surface area contributed by atoms with E-state index in [1.807, 2.05) is 20.8 Å². The van der Waals surface area contributed by atoms with Crippen LogP contribution in [0.25, 0.3) is 0 Å². The normalized spacial score (nSPS) is 13.1. The van der Waals surface area contributed by atoms with Gasteiger partial charge in [-0.25, -0.2) is 0 Å². The van der Waals surface area contributed by atoms with Crippen molar-refractivity contribution in [2.24, 2.45) is 0 Å². The van der Waals surface area contributed by atoms with E-state index in [0.717, 1.165) is 11.5 Å². The maximum absolute atomic E-state index is 10.9. The fraction of sp³-hybridized carbons (Fsp3) is 0.444. The highest BCUT2D eigenvalue weighted by molar-refractivity contribution is 5.97. The monoisotopic (exact) mass is 167 g/mol. The largest absolute Gasteiger partial charge is 0.464 e. The highest BCUT2D eigenvalue weighted by Crippen LogP contribution is 2.18. The number of hydrogen-bond donors (Lipinski definition) is 1. The quantitative estimate of drug-likeness (QED) is 0.640. The number of hydrogen-bond acceptors (Lipinski definition) is 2. The number of furan rings is 1. The van der Waals surface area contributed by atoms with E-state index in [2.05, 4.69) is 5.32 Å². The molecule has 1 aliphatic heterocycles. The third kappa shape index (κ3) is 1.35. The molecular weight excluding hydrogens is 154 g/mol. The molecule has 0 unspecified atom stereocenters. The molecule has 1 aromatic heterocycles. The number of aryl methyl sites for hydroxylation is 1. The first kappa shape index (κ1) is 8.84. The average molecular weight is 167 g/mol. The Labute approximate surface area is 71.8 Å². The number of fused-ring (bicyclic) bond motifs is 1. The fourth-order valence-corrected chi connectivity index (χ4v) is 1.14. The number of rotatable bonds is 0. The van der Waals surface area contributed by atoms with Crippen LogP contribution in [0.2, 0.25) is 0 Å². The lowest BCUT2D eigenvalue weighted by Gasteiger charge is -1.87. The molecule has 0 saturated heterocycles. The molecule has 0 aliphatic carbocycles. The molecule has 1 aromatic rings. The third-order valence-electron chi connectivity index (χ3n) is 1.59. The molecule has 0 fully saturated rings. The van der Waals surface area contributed by atoms with Gasteiger partial charge in [0.25, 0.3) is 5.91 Å². The minimum Gasteiger partial charge on any atom is -0.464 e. The van der Waals surface area contributed by atoms with Crippen molar-refractivity contribution in [1.82, 2.24) is 5.32 Å². The number of nitrogens with one attached hydrogen (secondary N) is 1. The van der Waals surface area contributed by atoms with Crippen molar-refractivity contribution in [2.75, 3.05) is 0 Å². The Bertz CT molecular complexity index is 289. The van der Waals surface area contributed by atoms with Crippen molar-refractivity contribution in [2.45, 2.75) is 27.3 Å². The molecule has 0 bridgehead atoms. The molecular formula is C9H13NO2. The Kier molecular flexibility index (Phi) is 2.53. The van der Waals surface area contributed by atoms with Gasteiger partial charge < -0.3 is 9.73 Å². The van der Waals surface area contributed by atoms with Gasteiger partial charge >= 0.3 is 0 Å². The number of carbonyl (C=O) groups is 1. The second-order valence-electron chi connectivity index (χ2n) is 2.38. The second kappa shape index (κ2) is 3.43. The zero-order valence-electron chi connectivity index (χ0n) is 7.60. The van der Waals surface area contributed by atoms with E-state index in [-0.39, 0.29) is 5.91 Å². The summed E-state index contributed by atoms with van der Waals surface area (Å²) in [4.78, 5) is 10.9. The van der Waals surface area contributed by atoms with E-state index in [4.69, 9.17) is 4.42 Å². The van der Waals surface area contributed by atoms with Gasteiger partial charge in [-0.2, -0.15) is 0 Å². The van der Waals surface area contributed by atoms with Crippen molar-refractivity contribution in [1.29, 1.82) is 0 Å². The topological polar surface area (TPSA) is 42.2 Å². The van der Waals surface area contributed by atoms with E-state index in [9.17, 15) is 4.79 Å². The minimum absolute atomic E-state index is 0.0214. The molecule has 1 aliphatic rings. The molecule has 1 amide bonds. The summed E-state index contributed by atoms with van der Waals surface area (Å²) in [5.41, 5.74) is 0.692. The van der Waals surface area contributed by atoms with Crippen molar-refractivity contribution in [3.8, 4) is 0 Å². The van der Waals surface area contributed by atoms with Crippen molar-refractivity contribution >= 4 is 5.91 Å². The van der Waals surface area contributed by atoms with Crippen LogP contribution in [0.5, 0.6) is 0 Å². The Morgan fingerprint density at radius 3 is 2.75 bits per heavy atom. The van der Waals surface area contributed by atoms with Crippen LogP contribution >= 0.6 is 0 Å². The van der Waals surface area contributed by atoms with Gasteiger partial charge in [-0.1, -0.05) is 13.8 Å². The minimum atomic E-state index is -0.0214. The Morgan fingerprint density at radius 1 is 1.50 bits per heavy atom. The van der Waals surface area contributed by atoms with Crippen molar-refractivity contribution in [3.05, 3.63) is 23.2 Å². The summed E-state index contributed by atoms with van der Waals surface area (Å²) in [6, 6.07) is 1.76. The summed E-state index contributed by atoms with van der Waals surface area (Å²) in [7, 11) is 0.